The summed E-state index contributed by atoms with van der Waals surface area (Å²) in [6, 6.07) is -5.67. The number of hydrogen-bond donors (Lipinski definition) is 0. The third kappa shape index (κ3) is 1.56. The molecule has 0 atom stereocenters. The molecule has 0 aliphatic carbocycles. The van der Waals surface area contributed by atoms with Gasteiger partial charge in [-0.2, -0.15) is 0 Å². The van der Waals surface area contributed by atoms with E-state index in [1.807, 2.05) is 0 Å². The average molecular weight is 269 g/mol. The molecule has 0 saturated carbocycles. The van der Waals surface area contributed by atoms with Gasteiger partial charge in [-0.3, -0.25) is 0 Å². The second-order valence-electron chi connectivity index (χ2n) is 4.26. The maximum atomic E-state index is 8.46. The second kappa shape index (κ2) is 4.24. The van der Waals surface area contributed by atoms with Crippen molar-refractivity contribution in [1.82, 2.24) is 0 Å². The number of benzene rings is 3. The zero-order valence-electron chi connectivity index (χ0n) is 21.4. The zero-order valence-corrected chi connectivity index (χ0v) is 10.4. The fraction of sp³-hybridized carbons (Fsp3) is 0.0526. The fourth-order valence-corrected chi connectivity index (χ4v) is 2.22. The Morgan fingerprint density at radius 2 is 1.45 bits per heavy atom. The summed E-state index contributed by atoms with van der Waals surface area (Å²) >= 11 is 0. The molecule has 0 spiro atoms. The van der Waals surface area contributed by atoms with Crippen molar-refractivity contribution in [3.05, 3.63) is 72.0 Å². The van der Waals surface area contributed by atoms with Crippen LogP contribution in [0.3, 0.4) is 0 Å². The van der Waals surface area contributed by atoms with Crippen LogP contribution in [0, 0.1) is 6.92 Å². The summed E-state index contributed by atoms with van der Waals surface area (Å²) in [5.41, 5.74) is -0.643. The van der Waals surface area contributed by atoms with E-state index in [4.69, 9.17) is 19.5 Å². The van der Waals surface area contributed by atoms with Crippen LogP contribution in [0.4, 0.5) is 0 Å². The van der Waals surface area contributed by atoms with Crippen LogP contribution in [0.15, 0.2) is 70.9 Å². The van der Waals surface area contributed by atoms with Gasteiger partial charge in [-0.05, 0) is 35.7 Å². The predicted molar refractivity (Wildman–Crippen MR) is 83.9 cm³/mol. The van der Waals surface area contributed by atoms with Crippen molar-refractivity contribution in [3.8, 4) is 11.1 Å². The molecule has 0 fully saturated rings. The van der Waals surface area contributed by atoms with E-state index < -0.39 is 60.4 Å². The molecule has 20 heavy (non-hydrogen) atoms. The fourth-order valence-electron chi connectivity index (χ4n) is 2.22. The molecule has 1 aromatic heterocycles. The standard InChI is InChI=1S/C19H14O/c1-13-7-5-11-16-18(13)19-15(10-6-12-17(19)20-16)14-8-3-2-4-9-14/h2-12H,1H3/i2D,3D,4D,5D,6D,7D,8D,9D,10D,11D,12D. The summed E-state index contributed by atoms with van der Waals surface area (Å²) in [7, 11) is 0. The van der Waals surface area contributed by atoms with Gasteiger partial charge in [0.15, 0.2) is 0 Å². The summed E-state index contributed by atoms with van der Waals surface area (Å²) in [4.78, 5) is 0. The Balaban J connectivity index is 2.40. The van der Waals surface area contributed by atoms with Crippen molar-refractivity contribution < 1.29 is 19.5 Å². The topological polar surface area (TPSA) is 13.1 Å². The van der Waals surface area contributed by atoms with E-state index in [9.17, 15) is 0 Å². The highest BCUT2D eigenvalue weighted by atomic mass is 16.3. The smallest absolute Gasteiger partial charge is 0.136 e. The van der Waals surface area contributed by atoms with Gasteiger partial charge in [0, 0.05) is 10.8 Å². The lowest BCUT2D eigenvalue weighted by Gasteiger charge is -2.04. The van der Waals surface area contributed by atoms with E-state index in [0.717, 1.165) is 0 Å². The lowest BCUT2D eigenvalue weighted by atomic mass is 9.98. The van der Waals surface area contributed by atoms with Crippen molar-refractivity contribution >= 4 is 21.9 Å². The van der Waals surface area contributed by atoms with Gasteiger partial charge in [-0.1, -0.05) is 54.4 Å². The summed E-state index contributed by atoms with van der Waals surface area (Å²) in [6.07, 6.45) is 0. The van der Waals surface area contributed by atoms with Crippen LogP contribution in [0.1, 0.15) is 20.6 Å². The first-order valence-corrected chi connectivity index (χ1v) is 5.91. The Morgan fingerprint density at radius 1 is 0.750 bits per heavy atom. The summed E-state index contributed by atoms with van der Waals surface area (Å²) < 4.78 is 95.1. The minimum absolute atomic E-state index is 0.0130. The molecule has 0 N–H and O–H groups in total. The third-order valence-electron chi connectivity index (χ3n) is 3.07. The minimum Gasteiger partial charge on any atom is -0.456 e. The Bertz CT molecular complexity index is 1420. The molecule has 0 radical (unpaired) electrons. The molecule has 3 aromatic carbocycles. The molecule has 0 unspecified atom stereocenters. The molecule has 4 rings (SSSR count). The van der Waals surface area contributed by atoms with E-state index in [1.165, 1.54) is 6.92 Å². The molecule has 0 aliphatic rings. The molecule has 1 nitrogen and oxygen atoms in total. The summed E-state index contributed by atoms with van der Waals surface area (Å²) in [5.74, 6) is 0. The van der Waals surface area contributed by atoms with Crippen LogP contribution >= 0.6 is 0 Å². The molecule has 0 bridgehead atoms. The highest BCUT2D eigenvalue weighted by Crippen LogP contribution is 2.37. The molecular formula is C19H14O. The van der Waals surface area contributed by atoms with Crippen LogP contribution < -0.4 is 0 Å². The van der Waals surface area contributed by atoms with Crippen LogP contribution in [0.5, 0.6) is 0 Å². The van der Waals surface area contributed by atoms with Gasteiger partial charge in [0.2, 0.25) is 0 Å². The zero-order chi connectivity index (χ0) is 23.1. The summed E-state index contributed by atoms with van der Waals surface area (Å²) in [6.45, 7) is 1.50. The van der Waals surface area contributed by atoms with Crippen molar-refractivity contribution in [3.63, 3.8) is 0 Å². The number of hydrogen-bond acceptors (Lipinski definition) is 1. The van der Waals surface area contributed by atoms with E-state index in [2.05, 4.69) is 0 Å². The molecule has 96 valence electrons. The Labute approximate surface area is 132 Å². The quantitative estimate of drug-likeness (QED) is 0.441. The van der Waals surface area contributed by atoms with Crippen molar-refractivity contribution in [1.29, 1.82) is 0 Å². The van der Waals surface area contributed by atoms with Gasteiger partial charge in [0.25, 0.3) is 0 Å². The van der Waals surface area contributed by atoms with Crippen molar-refractivity contribution in [2.45, 2.75) is 6.92 Å². The Kier molecular flexibility index (Phi) is 1.01. The SMILES string of the molecule is [2H]c1c([2H])c([2H])c(-c2c([2H])c([2H])c([2H])c3oc4c([2H])c([2H])c([2H])c(C)c4c23)c([2H])c1[2H]. The molecule has 1 heterocycles. The van der Waals surface area contributed by atoms with Gasteiger partial charge in [-0.25, -0.2) is 0 Å². The molecule has 0 amide bonds. The van der Waals surface area contributed by atoms with E-state index in [1.54, 1.807) is 0 Å². The van der Waals surface area contributed by atoms with E-state index >= 15 is 0 Å². The van der Waals surface area contributed by atoms with Crippen LogP contribution in [-0.2, 0) is 0 Å². The maximum Gasteiger partial charge on any atom is 0.136 e. The number of rotatable bonds is 1. The molecule has 1 heteroatoms. The van der Waals surface area contributed by atoms with E-state index in [0.29, 0.717) is 0 Å². The van der Waals surface area contributed by atoms with Gasteiger partial charge < -0.3 is 4.42 Å². The monoisotopic (exact) mass is 269 g/mol. The van der Waals surface area contributed by atoms with Crippen LogP contribution in [0.2, 0.25) is 0 Å². The second-order valence-corrected chi connectivity index (χ2v) is 4.26. The Hall–Kier alpha value is -2.54. The van der Waals surface area contributed by atoms with Crippen LogP contribution in [-0.4, -0.2) is 0 Å². The maximum absolute atomic E-state index is 8.46. The lowest BCUT2D eigenvalue weighted by molar-refractivity contribution is 0.669. The minimum atomic E-state index is -0.620. The number of furan rings is 1. The average Bonchev–Trinajstić information content (AvgIpc) is 3.14. The number of fused-ring (bicyclic) bond motifs is 3. The van der Waals surface area contributed by atoms with Gasteiger partial charge in [-0.15, -0.1) is 0 Å². The lowest BCUT2D eigenvalue weighted by Crippen LogP contribution is -1.80. The molecule has 0 aliphatic heterocycles. The third-order valence-corrected chi connectivity index (χ3v) is 3.07. The molecular weight excluding hydrogens is 244 g/mol. The highest BCUT2D eigenvalue weighted by molar-refractivity contribution is 6.13. The van der Waals surface area contributed by atoms with Gasteiger partial charge >= 0.3 is 0 Å². The number of aryl methyl sites for hydroxylation is 1. The van der Waals surface area contributed by atoms with Gasteiger partial charge in [0.05, 0.1) is 15.1 Å². The first kappa shape index (κ1) is 4.78. The Morgan fingerprint density at radius 3 is 2.25 bits per heavy atom. The normalized spacial score (nSPS) is 18.9. The van der Waals surface area contributed by atoms with Crippen molar-refractivity contribution in [2.24, 2.45) is 0 Å². The predicted octanol–water partition coefficient (Wildman–Crippen LogP) is 5.56. The first-order valence-electron chi connectivity index (χ1n) is 11.4. The summed E-state index contributed by atoms with van der Waals surface area (Å²) in [5, 5.41) is 0.156. The molecule has 0 saturated heterocycles. The van der Waals surface area contributed by atoms with E-state index in [-0.39, 0.29) is 44.7 Å². The highest BCUT2D eigenvalue weighted by Gasteiger charge is 2.13. The molecule has 4 aromatic rings. The first-order chi connectivity index (χ1) is 14.4. The van der Waals surface area contributed by atoms with Crippen LogP contribution in [0.25, 0.3) is 33.1 Å². The van der Waals surface area contributed by atoms with Gasteiger partial charge in [0.1, 0.15) is 11.2 Å². The van der Waals surface area contributed by atoms with Crippen molar-refractivity contribution in [2.75, 3.05) is 0 Å². The largest absolute Gasteiger partial charge is 0.456 e.